The summed E-state index contributed by atoms with van der Waals surface area (Å²) in [4.78, 5) is 48.3. The minimum Gasteiger partial charge on any atom is -0.466 e. The Balaban J connectivity index is 2.54. The molecule has 0 atom stereocenters. The fourth-order valence-electron chi connectivity index (χ4n) is 2.72. The number of hydrogen-bond acceptors (Lipinski definition) is 7. The summed E-state index contributed by atoms with van der Waals surface area (Å²) in [7, 11) is 0. The van der Waals surface area contributed by atoms with Crippen molar-refractivity contribution in [3.05, 3.63) is 46.5 Å². The highest BCUT2D eigenvalue weighted by Gasteiger charge is 2.31. The number of nitro groups is 1. The quantitative estimate of drug-likeness (QED) is 0.310. The van der Waals surface area contributed by atoms with Crippen LogP contribution in [-0.2, 0) is 23.9 Å². The molecule has 0 spiro atoms. The molecule has 0 bridgehead atoms. The first-order chi connectivity index (χ1) is 13.4. The molecule has 2 aromatic carbocycles. The summed E-state index contributed by atoms with van der Waals surface area (Å²) in [6, 6.07) is 9.59. The average molecular weight is 388 g/mol. The van der Waals surface area contributed by atoms with Crippen molar-refractivity contribution in [2.75, 3.05) is 24.7 Å². The van der Waals surface area contributed by atoms with Crippen molar-refractivity contribution in [2.24, 2.45) is 0 Å². The fraction of sp³-hybridized carbons (Fsp3) is 0.316. The number of nitro benzene ring substituents is 1. The topological polar surface area (TPSA) is 116 Å². The number of carbonyl (C=O) groups is 3. The number of rotatable bonds is 7. The molecule has 1 amide bonds. The zero-order chi connectivity index (χ0) is 20.7. The number of nitrogens with zero attached hydrogens (tertiary/aromatic N) is 2. The SMILES string of the molecule is CCOC(=O)CCN(C(=O)C(=O)OCC)c1ccc2ccccc2c1[N+](=O)[O-]. The molecular formula is C19H20N2O7. The van der Waals surface area contributed by atoms with E-state index in [2.05, 4.69) is 0 Å². The molecule has 0 saturated heterocycles. The van der Waals surface area contributed by atoms with Gasteiger partial charge in [-0.3, -0.25) is 24.6 Å². The Morgan fingerprint density at radius 1 is 1.04 bits per heavy atom. The van der Waals surface area contributed by atoms with Crippen molar-refractivity contribution in [3.63, 3.8) is 0 Å². The number of hydrogen-bond donors (Lipinski definition) is 0. The van der Waals surface area contributed by atoms with Gasteiger partial charge in [0.25, 0.3) is 0 Å². The second kappa shape index (κ2) is 9.45. The van der Waals surface area contributed by atoms with Crippen molar-refractivity contribution in [2.45, 2.75) is 20.3 Å². The van der Waals surface area contributed by atoms with E-state index in [0.717, 1.165) is 4.90 Å². The van der Waals surface area contributed by atoms with Crippen molar-refractivity contribution in [3.8, 4) is 0 Å². The summed E-state index contributed by atoms with van der Waals surface area (Å²) in [5.41, 5.74) is -0.425. The second-order valence-electron chi connectivity index (χ2n) is 5.64. The minimum atomic E-state index is -1.16. The Bertz CT molecular complexity index is 910. The first-order valence-corrected chi connectivity index (χ1v) is 8.71. The summed E-state index contributed by atoms with van der Waals surface area (Å²) in [5, 5.41) is 12.7. The zero-order valence-corrected chi connectivity index (χ0v) is 15.5. The molecule has 0 unspecified atom stereocenters. The summed E-state index contributed by atoms with van der Waals surface area (Å²) >= 11 is 0. The van der Waals surface area contributed by atoms with Crippen LogP contribution >= 0.6 is 0 Å². The second-order valence-corrected chi connectivity index (χ2v) is 5.64. The Kier molecular flexibility index (Phi) is 7.02. The maximum Gasteiger partial charge on any atom is 0.397 e. The van der Waals surface area contributed by atoms with E-state index in [4.69, 9.17) is 9.47 Å². The third kappa shape index (κ3) is 4.61. The molecule has 0 fully saturated rings. The molecule has 0 aromatic heterocycles. The van der Waals surface area contributed by atoms with Crippen LogP contribution in [-0.4, -0.2) is 42.5 Å². The summed E-state index contributed by atoms with van der Waals surface area (Å²) < 4.78 is 9.57. The van der Waals surface area contributed by atoms with Gasteiger partial charge in [0.2, 0.25) is 0 Å². The lowest BCUT2D eigenvalue weighted by molar-refractivity contribution is -0.382. The fourth-order valence-corrected chi connectivity index (χ4v) is 2.72. The van der Waals surface area contributed by atoms with E-state index in [0.29, 0.717) is 10.8 Å². The van der Waals surface area contributed by atoms with E-state index >= 15 is 0 Å². The Hall–Kier alpha value is -3.49. The lowest BCUT2D eigenvalue weighted by atomic mass is 10.1. The summed E-state index contributed by atoms with van der Waals surface area (Å²) in [6.07, 6.45) is -0.233. The molecule has 0 aliphatic carbocycles. The molecule has 2 rings (SSSR count). The van der Waals surface area contributed by atoms with Crippen LogP contribution < -0.4 is 4.90 Å². The number of esters is 2. The molecular weight excluding hydrogens is 368 g/mol. The average Bonchev–Trinajstić information content (AvgIpc) is 2.67. The lowest BCUT2D eigenvalue weighted by Crippen LogP contribution is -2.39. The van der Waals surface area contributed by atoms with Gasteiger partial charge >= 0.3 is 23.5 Å². The normalized spacial score (nSPS) is 10.4. The molecule has 148 valence electrons. The highest BCUT2D eigenvalue weighted by atomic mass is 16.6. The van der Waals surface area contributed by atoms with Crippen LogP contribution in [0, 0.1) is 10.1 Å². The van der Waals surface area contributed by atoms with Gasteiger partial charge in [-0.25, -0.2) is 4.79 Å². The van der Waals surface area contributed by atoms with Gasteiger partial charge in [-0.1, -0.05) is 24.3 Å². The van der Waals surface area contributed by atoms with Crippen LogP contribution in [0.4, 0.5) is 11.4 Å². The number of carbonyl (C=O) groups excluding carboxylic acids is 3. The molecule has 28 heavy (non-hydrogen) atoms. The third-order valence-corrected chi connectivity index (χ3v) is 3.89. The van der Waals surface area contributed by atoms with Gasteiger partial charge in [0.05, 0.1) is 29.9 Å². The van der Waals surface area contributed by atoms with Gasteiger partial charge < -0.3 is 9.47 Å². The monoisotopic (exact) mass is 388 g/mol. The number of benzene rings is 2. The van der Waals surface area contributed by atoms with E-state index in [1.807, 2.05) is 0 Å². The molecule has 0 heterocycles. The Morgan fingerprint density at radius 2 is 1.71 bits per heavy atom. The van der Waals surface area contributed by atoms with Crippen LogP contribution in [0.2, 0.25) is 0 Å². The molecule has 9 nitrogen and oxygen atoms in total. The van der Waals surface area contributed by atoms with E-state index < -0.39 is 22.8 Å². The van der Waals surface area contributed by atoms with Gasteiger partial charge in [0.15, 0.2) is 0 Å². The number of anilines is 1. The minimum absolute atomic E-state index is 0.0316. The summed E-state index contributed by atoms with van der Waals surface area (Å²) in [6.45, 7) is 3.02. The van der Waals surface area contributed by atoms with Gasteiger partial charge in [0, 0.05) is 6.54 Å². The van der Waals surface area contributed by atoms with Crippen molar-refractivity contribution in [1.29, 1.82) is 0 Å². The van der Waals surface area contributed by atoms with E-state index in [-0.39, 0.29) is 37.6 Å². The molecule has 0 aliphatic heterocycles. The van der Waals surface area contributed by atoms with Crippen LogP contribution in [0.5, 0.6) is 0 Å². The number of fused-ring (bicyclic) bond motifs is 1. The molecule has 0 radical (unpaired) electrons. The van der Waals surface area contributed by atoms with Crippen LogP contribution in [0.15, 0.2) is 36.4 Å². The molecule has 0 N–H and O–H groups in total. The third-order valence-electron chi connectivity index (χ3n) is 3.89. The number of amides is 1. The molecule has 2 aromatic rings. The Labute approximate surface area is 161 Å². The first kappa shape index (κ1) is 20.8. The largest absolute Gasteiger partial charge is 0.466 e. The highest BCUT2D eigenvalue weighted by Crippen LogP contribution is 2.36. The highest BCUT2D eigenvalue weighted by molar-refractivity contribution is 6.38. The molecule has 0 aliphatic rings. The van der Waals surface area contributed by atoms with Crippen LogP contribution in [0.3, 0.4) is 0 Å². The van der Waals surface area contributed by atoms with Crippen molar-refractivity contribution in [1.82, 2.24) is 0 Å². The van der Waals surface area contributed by atoms with Crippen LogP contribution in [0.1, 0.15) is 20.3 Å². The zero-order valence-electron chi connectivity index (χ0n) is 15.5. The summed E-state index contributed by atoms with van der Waals surface area (Å²) in [5.74, 6) is -2.84. The Morgan fingerprint density at radius 3 is 2.36 bits per heavy atom. The predicted octanol–water partition coefficient (Wildman–Crippen LogP) is 2.60. The maximum absolute atomic E-state index is 12.6. The van der Waals surface area contributed by atoms with Crippen molar-refractivity contribution >= 4 is 40.0 Å². The number of ether oxygens (including phenoxy) is 2. The molecule has 0 saturated carbocycles. The van der Waals surface area contributed by atoms with Crippen LogP contribution in [0.25, 0.3) is 10.8 Å². The molecule has 9 heteroatoms. The van der Waals surface area contributed by atoms with Gasteiger partial charge in [-0.2, -0.15) is 0 Å². The lowest BCUT2D eigenvalue weighted by Gasteiger charge is -2.21. The van der Waals surface area contributed by atoms with Crippen molar-refractivity contribution < 1.29 is 28.8 Å². The van der Waals surface area contributed by atoms with Gasteiger partial charge in [-0.15, -0.1) is 0 Å². The van der Waals surface area contributed by atoms with Gasteiger partial charge in [0.1, 0.15) is 5.69 Å². The first-order valence-electron chi connectivity index (χ1n) is 8.71. The van der Waals surface area contributed by atoms with Gasteiger partial charge in [-0.05, 0) is 31.4 Å². The predicted molar refractivity (Wildman–Crippen MR) is 101 cm³/mol. The van der Waals surface area contributed by atoms with E-state index in [9.17, 15) is 24.5 Å². The van der Waals surface area contributed by atoms with E-state index in [1.165, 1.54) is 13.0 Å². The standard InChI is InChI=1S/C19H20N2O7/c1-3-27-16(22)11-12-20(18(23)19(24)28-4-2)15-10-9-13-7-5-6-8-14(13)17(15)21(25)26/h5-10H,3-4,11-12H2,1-2H3. The van der Waals surface area contributed by atoms with E-state index in [1.54, 1.807) is 37.3 Å². The smallest absolute Gasteiger partial charge is 0.397 e. The maximum atomic E-state index is 12.6.